The Kier molecular flexibility index (Phi) is 3.52. The van der Waals surface area contributed by atoms with Gasteiger partial charge in [-0.25, -0.2) is 4.98 Å². The van der Waals surface area contributed by atoms with E-state index in [-0.39, 0.29) is 5.56 Å². The van der Waals surface area contributed by atoms with Crippen LogP contribution < -0.4 is 11.0 Å². The first-order chi connectivity index (χ1) is 8.56. The topological polar surface area (TPSA) is 96.2 Å². The number of hydrogen-bond acceptors (Lipinski definition) is 6. The van der Waals surface area contributed by atoms with E-state index in [1.54, 1.807) is 6.92 Å². The van der Waals surface area contributed by atoms with Gasteiger partial charge in [-0.3, -0.25) is 9.59 Å². The second kappa shape index (κ2) is 5.09. The molecule has 18 heavy (non-hydrogen) atoms. The minimum atomic E-state index is -0.498. The Labute approximate surface area is 106 Å². The molecule has 2 N–H and O–H groups in total. The highest BCUT2D eigenvalue weighted by atomic mass is 32.2. The lowest BCUT2D eigenvalue weighted by Crippen LogP contribution is -2.10. The summed E-state index contributed by atoms with van der Waals surface area (Å²) in [7, 11) is 0. The highest BCUT2D eigenvalue weighted by molar-refractivity contribution is 7.98. The second-order valence-corrected chi connectivity index (χ2v) is 4.55. The average molecular weight is 266 g/mol. The maximum absolute atomic E-state index is 11.3. The van der Waals surface area contributed by atoms with E-state index in [1.165, 1.54) is 24.0 Å². The van der Waals surface area contributed by atoms with Crippen LogP contribution in [0.15, 0.2) is 37.7 Å². The van der Waals surface area contributed by atoms with E-state index in [0.29, 0.717) is 22.2 Å². The maximum Gasteiger partial charge on any atom is 0.254 e. The molecule has 2 heterocycles. The molecule has 2 aromatic rings. The van der Waals surface area contributed by atoms with Gasteiger partial charge >= 0.3 is 0 Å². The predicted molar refractivity (Wildman–Crippen MR) is 65.8 cm³/mol. The molecule has 6 nitrogen and oxygen atoms in total. The van der Waals surface area contributed by atoms with E-state index in [4.69, 9.17) is 9.52 Å². The number of thioether (sulfide) groups is 1. The molecule has 2 rings (SSSR count). The second-order valence-electron chi connectivity index (χ2n) is 3.59. The van der Waals surface area contributed by atoms with Gasteiger partial charge in [0.15, 0.2) is 10.9 Å². The number of aromatic hydroxyl groups is 1. The van der Waals surface area contributed by atoms with Crippen LogP contribution in [0.25, 0.3) is 0 Å². The number of nitrogens with one attached hydrogen (secondary N) is 1. The van der Waals surface area contributed by atoms with Gasteiger partial charge in [-0.2, -0.15) is 0 Å². The molecule has 0 saturated heterocycles. The number of aryl methyl sites for hydroxylation is 1. The first-order valence-corrected chi connectivity index (χ1v) is 6.04. The summed E-state index contributed by atoms with van der Waals surface area (Å²) < 4.78 is 5.02. The molecule has 0 saturated carbocycles. The van der Waals surface area contributed by atoms with Crippen molar-refractivity contribution >= 4 is 11.8 Å². The fourth-order valence-electron chi connectivity index (χ4n) is 1.17. The molecule has 0 radical (unpaired) electrons. The number of H-pyrrole nitrogens is 1. The van der Waals surface area contributed by atoms with E-state index in [0.717, 1.165) is 6.26 Å². The maximum atomic E-state index is 11.3. The molecule has 0 aliphatic heterocycles. The van der Waals surface area contributed by atoms with Gasteiger partial charge in [0.25, 0.3) is 5.56 Å². The summed E-state index contributed by atoms with van der Waals surface area (Å²) in [6, 6.07) is 1.20. The van der Waals surface area contributed by atoms with Gasteiger partial charge in [-0.05, 0) is 6.92 Å². The lowest BCUT2D eigenvalue weighted by atomic mass is 10.4. The van der Waals surface area contributed by atoms with Crippen LogP contribution in [0.1, 0.15) is 11.3 Å². The van der Waals surface area contributed by atoms with E-state index in [2.05, 4.69) is 9.97 Å². The Morgan fingerprint density at radius 1 is 1.50 bits per heavy atom. The van der Waals surface area contributed by atoms with Gasteiger partial charge in [0.2, 0.25) is 5.43 Å². The van der Waals surface area contributed by atoms with E-state index in [1.807, 2.05) is 0 Å². The Hall–Kier alpha value is -2.02. The highest BCUT2D eigenvalue weighted by Crippen LogP contribution is 2.17. The van der Waals surface area contributed by atoms with E-state index < -0.39 is 11.2 Å². The fourth-order valence-corrected chi connectivity index (χ4v) is 1.90. The number of hydrogen-bond donors (Lipinski definition) is 2. The third kappa shape index (κ3) is 2.80. The lowest BCUT2D eigenvalue weighted by Gasteiger charge is -2.00. The predicted octanol–water partition coefficient (Wildman–Crippen LogP) is 1.03. The van der Waals surface area contributed by atoms with Crippen molar-refractivity contribution in [2.24, 2.45) is 0 Å². The standard InChI is InChI=1S/C11H10N2O4S/c1-6-3-12-11(13-10(6)16)18-5-7-2-8(14)9(15)4-17-7/h2-4,15H,5H2,1H3,(H,12,13,16). The third-order valence-corrected chi connectivity index (χ3v) is 3.08. The largest absolute Gasteiger partial charge is 0.502 e. The molecular formula is C11H10N2O4S. The Morgan fingerprint density at radius 2 is 2.28 bits per heavy atom. The molecule has 0 unspecified atom stereocenters. The molecule has 0 aliphatic carbocycles. The van der Waals surface area contributed by atoms with Crippen LogP contribution in [0, 0.1) is 6.92 Å². The fraction of sp³-hybridized carbons (Fsp3) is 0.182. The number of rotatable bonds is 3. The molecule has 0 amide bonds. The van der Waals surface area contributed by atoms with Crippen LogP contribution in [0.2, 0.25) is 0 Å². The summed E-state index contributed by atoms with van der Waals surface area (Å²) in [4.78, 5) is 29.1. The van der Waals surface area contributed by atoms with Crippen molar-refractivity contribution in [3.8, 4) is 5.75 Å². The van der Waals surface area contributed by atoms with Gasteiger partial charge in [-0.1, -0.05) is 11.8 Å². The molecule has 0 spiro atoms. The molecule has 94 valence electrons. The molecule has 7 heteroatoms. The third-order valence-electron chi connectivity index (χ3n) is 2.17. The summed E-state index contributed by atoms with van der Waals surface area (Å²) >= 11 is 1.23. The van der Waals surface area contributed by atoms with Crippen LogP contribution in [0.5, 0.6) is 5.75 Å². The van der Waals surface area contributed by atoms with Gasteiger partial charge in [0.1, 0.15) is 12.0 Å². The Morgan fingerprint density at radius 3 is 2.94 bits per heavy atom. The van der Waals surface area contributed by atoms with Crippen molar-refractivity contribution < 1.29 is 9.52 Å². The van der Waals surface area contributed by atoms with Crippen molar-refractivity contribution in [1.29, 1.82) is 0 Å². The van der Waals surface area contributed by atoms with Crippen LogP contribution >= 0.6 is 11.8 Å². The SMILES string of the molecule is Cc1cnc(SCc2cc(=O)c(O)co2)[nH]c1=O. The molecule has 0 atom stereocenters. The Bertz CT molecular complexity index is 618. The summed E-state index contributed by atoms with van der Waals surface area (Å²) in [5.74, 6) is 0.304. The molecule has 0 fully saturated rings. The number of nitrogens with zero attached hydrogens (tertiary/aromatic N) is 1. The summed E-state index contributed by atoms with van der Waals surface area (Å²) in [5, 5.41) is 9.47. The van der Waals surface area contributed by atoms with Crippen molar-refractivity contribution in [3.05, 3.63) is 50.4 Å². The van der Waals surface area contributed by atoms with Crippen molar-refractivity contribution in [1.82, 2.24) is 9.97 Å². The van der Waals surface area contributed by atoms with Crippen LogP contribution in [0.4, 0.5) is 0 Å². The number of aromatic amines is 1. The van der Waals surface area contributed by atoms with Gasteiger partial charge in [0, 0.05) is 17.8 Å². The highest BCUT2D eigenvalue weighted by Gasteiger charge is 2.04. The van der Waals surface area contributed by atoms with Crippen LogP contribution in [0.3, 0.4) is 0 Å². The number of aromatic nitrogens is 2. The zero-order chi connectivity index (χ0) is 13.1. The summed E-state index contributed by atoms with van der Waals surface area (Å²) in [5.41, 5.74) is -0.155. The zero-order valence-electron chi connectivity index (χ0n) is 9.47. The van der Waals surface area contributed by atoms with Crippen LogP contribution in [-0.4, -0.2) is 15.1 Å². The van der Waals surface area contributed by atoms with Crippen molar-refractivity contribution in [2.45, 2.75) is 17.8 Å². The monoisotopic (exact) mass is 266 g/mol. The van der Waals surface area contributed by atoms with E-state index >= 15 is 0 Å². The minimum Gasteiger partial charge on any atom is -0.502 e. The molecular weight excluding hydrogens is 256 g/mol. The normalized spacial score (nSPS) is 10.5. The lowest BCUT2D eigenvalue weighted by molar-refractivity contribution is 0.419. The smallest absolute Gasteiger partial charge is 0.254 e. The van der Waals surface area contributed by atoms with Crippen molar-refractivity contribution in [2.75, 3.05) is 0 Å². The molecule has 2 aromatic heterocycles. The molecule has 0 aliphatic rings. The first kappa shape index (κ1) is 12.4. The zero-order valence-corrected chi connectivity index (χ0v) is 10.3. The van der Waals surface area contributed by atoms with Crippen LogP contribution in [-0.2, 0) is 5.75 Å². The minimum absolute atomic E-state index is 0.195. The average Bonchev–Trinajstić information content (AvgIpc) is 2.35. The summed E-state index contributed by atoms with van der Waals surface area (Å²) in [6.07, 6.45) is 2.47. The first-order valence-electron chi connectivity index (χ1n) is 5.05. The van der Waals surface area contributed by atoms with E-state index in [9.17, 15) is 9.59 Å². The Balaban J connectivity index is 2.11. The van der Waals surface area contributed by atoms with Gasteiger partial charge in [-0.15, -0.1) is 0 Å². The molecule has 0 bridgehead atoms. The quantitative estimate of drug-likeness (QED) is 0.636. The van der Waals surface area contributed by atoms with Gasteiger partial charge in [0.05, 0.1) is 5.75 Å². The van der Waals surface area contributed by atoms with Gasteiger partial charge < -0.3 is 14.5 Å². The summed E-state index contributed by atoms with van der Waals surface area (Å²) in [6.45, 7) is 1.67. The van der Waals surface area contributed by atoms with Crippen molar-refractivity contribution in [3.63, 3.8) is 0 Å². The molecule has 0 aromatic carbocycles.